The summed E-state index contributed by atoms with van der Waals surface area (Å²) in [5, 5.41) is 9.04. The molecule has 158 valence electrons. The van der Waals surface area contributed by atoms with Crippen LogP contribution in [0, 0.1) is 11.7 Å². The summed E-state index contributed by atoms with van der Waals surface area (Å²) in [5.74, 6) is -1.19. The highest BCUT2D eigenvalue weighted by molar-refractivity contribution is 6.03. The largest absolute Gasteiger partial charge is 0.489 e. The Bertz CT molecular complexity index is 1050. The van der Waals surface area contributed by atoms with Gasteiger partial charge in [0.1, 0.15) is 18.2 Å². The minimum atomic E-state index is -0.934. The number of carboxylic acids is 1. The van der Waals surface area contributed by atoms with Gasteiger partial charge in [-0.3, -0.25) is 9.59 Å². The number of carbonyl (C=O) groups excluding carboxylic acids is 1. The number of carboxylic acid groups (broad SMARTS) is 1. The number of benzene rings is 3. The van der Waals surface area contributed by atoms with Crippen LogP contribution in [-0.2, 0) is 16.2 Å². The molecule has 1 aliphatic heterocycles. The SMILES string of the molecule is O=C(O)CCC1C(=O)N(c2ccc(F)cc2)C1c1ccc(OCc2ccccc2)cc1. The number of hydrogen-bond acceptors (Lipinski definition) is 3. The number of ether oxygens (including phenoxy) is 1. The van der Waals surface area contributed by atoms with Gasteiger partial charge in [0.2, 0.25) is 5.91 Å². The molecule has 6 heteroatoms. The Hall–Kier alpha value is -3.67. The van der Waals surface area contributed by atoms with Crippen molar-refractivity contribution in [2.24, 2.45) is 5.92 Å². The second-order valence-corrected chi connectivity index (χ2v) is 7.51. The fourth-order valence-electron chi connectivity index (χ4n) is 3.88. The van der Waals surface area contributed by atoms with Gasteiger partial charge in [0, 0.05) is 12.1 Å². The normalized spacial score (nSPS) is 17.8. The number of nitrogens with zero attached hydrogens (tertiary/aromatic N) is 1. The number of carbonyl (C=O) groups is 2. The van der Waals surface area contributed by atoms with Gasteiger partial charge in [-0.15, -0.1) is 0 Å². The molecule has 31 heavy (non-hydrogen) atoms. The molecule has 1 N–H and O–H groups in total. The Balaban J connectivity index is 1.53. The second kappa shape index (κ2) is 9.00. The summed E-state index contributed by atoms with van der Waals surface area (Å²) in [6.45, 7) is 0.449. The molecular formula is C25H22FNO4. The molecule has 0 aliphatic carbocycles. The van der Waals surface area contributed by atoms with E-state index in [1.54, 1.807) is 17.0 Å². The summed E-state index contributed by atoms with van der Waals surface area (Å²) >= 11 is 0. The van der Waals surface area contributed by atoms with Gasteiger partial charge < -0.3 is 14.7 Å². The molecule has 0 aromatic heterocycles. The summed E-state index contributed by atoms with van der Waals surface area (Å²) in [5.41, 5.74) is 2.53. The molecule has 0 bridgehead atoms. The Labute approximate surface area is 179 Å². The molecule has 1 saturated heterocycles. The molecule has 0 radical (unpaired) electrons. The third kappa shape index (κ3) is 4.58. The van der Waals surface area contributed by atoms with E-state index in [1.807, 2.05) is 54.6 Å². The van der Waals surface area contributed by atoms with E-state index >= 15 is 0 Å². The standard InChI is InChI=1S/C25H22FNO4/c26-19-8-10-20(11-9-19)27-24(22(25(27)30)14-15-23(28)29)18-6-12-21(13-7-18)31-16-17-4-2-1-3-5-17/h1-13,22,24H,14-16H2,(H,28,29). The predicted octanol–water partition coefficient (Wildman–Crippen LogP) is 4.97. The molecule has 5 nitrogen and oxygen atoms in total. The molecule has 3 aromatic carbocycles. The van der Waals surface area contributed by atoms with Gasteiger partial charge in [-0.2, -0.15) is 0 Å². The van der Waals surface area contributed by atoms with Crippen molar-refractivity contribution in [1.82, 2.24) is 0 Å². The lowest BCUT2D eigenvalue weighted by atomic mass is 9.79. The molecule has 1 fully saturated rings. The molecule has 0 spiro atoms. The average molecular weight is 419 g/mol. The van der Waals surface area contributed by atoms with Crippen LogP contribution in [0.15, 0.2) is 78.9 Å². The van der Waals surface area contributed by atoms with Crippen LogP contribution in [0.25, 0.3) is 0 Å². The first kappa shape index (κ1) is 20.6. The summed E-state index contributed by atoms with van der Waals surface area (Å²) in [6.07, 6.45) is 0.172. The van der Waals surface area contributed by atoms with Gasteiger partial charge in [-0.25, -0.2) is 4.39 Å². The maximum absolute atomic E-state index is 13.3. The Morgan fingerprint density at radius 3 is 2.29 bits per heavy atom. The van der Waals surface area contributed by atoms with Crippen molar-refractivity contribution < 1.29 is 23.8 Å². The quantitative estimate of drug-likeness (QED) is 0.524. The molecule has 2 atom stereocenters. The average Bonchev–Trinajstić information content (AvgIpc) is 2.78. The number of anilines is 1. The third-order valence-corrected chi connectivity index (χ3v) is 5.46. The van der Waals surface area contributed by atoms with E-state index in [2.05, 4.69) is 0 Å². The Morgan fingerprint density at radius 1 is 0.968 bits per heavy atom. The van der Waals surface area contributed by atoms with Gasteiger partial charge in [-0.05, 0) is 53.9 Å². The Kier molecular flexibility index (Phi) is 5.98. The molecular weight excluding hydrogens is 397 g/mol. The van der Waals surface area contributed by atoms with Crippen molar-refractivity contribution in [1.29, 1.82) is 0 Å². The van der Waals surface area contributed by atoms with Crippen molar-refractivity contribution >= 4 is 17.6 Å². The van der Waals surface area contributed by atoms with Gasteiger partial charge in [0.25, 0.3) is 0 Å². The highest BCUT2D eigenvalue weighted by atomic mass is 19.1. The van der Waals surface area contributed by atoms with E-state index in [1.165, 1.54) is 12.1 Å². The number of hydrogen-bond donors (Lipinski definition) is 1. The number of aliphatic carboxylic acids is 1. The number of halogens is 1. The van der Waals surface area contributed by atoms with Crippen molar-refractivity contribution in [3.05, 3.63) is 95.8 Å². The van der Waals surface area contributed by atoms with Crippen LogP contribution in [0.1, 0.15) is 30.0 Å². The van der Waals surface area contributed by atoms with E-state index in [0.717, 1.165) is 11.1 Å². The molecule has 0 saturated carbocycles. The monoisotopic (exact) mass is 419 g/mol. The summed E-state index contributed by atoms with van der Waals surface area (Å²) < 4.78 is 19.2. The molecule has 4 rings (SSSR count). The highest BCUT2D eigenvalue weighted by Crippen LogP contribution is 2.45. The Morgan fingerprint density at radius 2 is 1.65 bits per heavy atom. The molecule has 1 aliphatic rings. The maximum Gasteiger partial charge on any atom is 0.303 e. The fourth-order valence-corrected chi connectivity index (χ4v) is 3.88. The van der Waals surface area contributed by atoms with Crippen LogP contribution < -0.4 is 9.64 Å². The first-order chi connectivity index (χ1) is 15.0. The van der Waals surface area contributed by atoms with Crippen LogP contribution >= 0.6 is 0 Å². The van der Waals surface area contributed by atoms with Crippen LogP contribution in [-0.4, -0.2) is 17.0 Å². The zero-order valence-electron chi connectivity index (χ0n) is 16.8. The highest BCUT2D eigenvalue weighted by Gasteiger charge is 2.48. The fraction of sp³-hybridized carbons (Fsp3) is 0.200. The van der Waals surface area contributed by atoms with Crippen molar-refractivity contribution in [3.63, 3.8) is 0 Å². The van der Waals surface area contributed by atoms with E-state index in [-0.39, 0.29) is 30.6 Å². The van der Waals surface area contributed by atoms with Crippen LogP contribution in [0.2, 0.25) is 0 Å². The van der Waals surface area contributed by atoms with Crippen LogP contribution in [0.5, 0.6) is 5.75 Å². The lowest BCUT2D eigenvalue weighted by molar-refractivity contribution is -0.138. The zero-order valence-corrected chi connectivity index (χ0v) is 16.8. The first-order valence-corrected chi connectivity index (χ1v) is 10.1. The third-order valence-electron chi connectivity index (χ3n) is 5.46. The minimum Gasteiger partial charge on any atom is -0.489 e. The first-order valence-electron chi connectivity index (χ1n) is 10.1. The minimum absolute atomic E-state index is 0.0809. The summed E-state index contributed by atoms with van der Waals surface area (Å²) in [6, 6.07) is 22.7. The summed E-state index contributed by atoms with van der Waals surface area (Å²) in [4.78, 5) is 25.4. The van der Waals surface area contributed by atoms with Crippen molar-refractivity contribution in [2.75, 3.05) is 4.90 Å². The van der Waals surface area contributed by atoms with Crippen molar-refractivity contribution in [3.8, 4) is 5.75 Å². The second-order valence-electron chi connectivity index (χ2n) is 7.51. The number of amides is 1. The lowest BCUT2D eigenvalue weighted by Gasteiger charge is -2.47. The number of β-lactam (4-membered cyclic amide) rings is 1. The molecule has 2 unspecified atom stereocenters. The van der Waals surface area contributed by atoms with Gasteiger partial charge >= 0.3 is 5.97 Å². The number of rotatable bonds is 8. The van der Waals surface area contributed by atoms with E-state index in [0.29, 0.717) is 18.0 Å². The molecule has 1 heterocycles. The van der Waals surface area contributed by atoms with E-state index < -0.39 is 11.9 Å². The van der Waals surface area contributed by atoms with Crippen LogP contribution in [0.3, 0.4) is 0 Å². The lowest BCUT2D eigenvalue weighted by Crippen LogP contribution is -2.55. The smallest absolute Gasteiger partial charge is 0.303 e. The van der Waals surface area contributed by atoms with Gasteiger partial charge in [0.05, 0.1) is 12.0 Å². The predicted molar refractivity (Wildman–Crippen MR) is 114 cm³/mol. The van der Waals surface area contributed by atoms with Crippen molar-refractivity contribution in [2.45, 2.75) is 25.5 Å². The topological polar surface area (TPSA) is 66.8 Å². The van der Waals surface area contributed by atoms with E-state index in [9.17, 15) is 14.0 Å². The van der Waals surface area contributed by atoms with Gasteiger partial charge in [0.15, 0.2) is 0 Å². The van der Waals surface area contributed by atoms with E-state index in [4.69, 9.17) is 9.84 Å². The van der Waals surface area contributed by atoms with Crippen LogP contribution in [0.4, 0.5) is 10.1 Å². The van der Waals surface area contributed by atoms with Gasteiger partial charge in [-0.1, -0.05) is 42.5 Å². The zero-order chi connectivity index (χ0) is 21.8. The molecule has 3 aromatic rings. The maximum atomic E-state index is 13.3. The molecule has 1 amide bonds. The summed E-state index contributed by atoms with van der Waals surface area (Å²) in [7, 11) is 0.